The standard InChI is InChI=1S/C15H13ClFN7O2/c1-23-8-9(5-20-23)21-15-19-7-11(16)14(22-15)18-6-10-12(17)3-2-4-13(10)24(25)26/h2-5,7-8H,6H2,1H3,(H2,18,19,21,22). The van der Waals surface area contributed by atoms with Gasteiger partial charge in [-0.15, -0.1) is 0 Å². The van der Waals surface area contributed by atoms with Crippen molar-refractivity contribution in [2.75, 3.05) is 10.6 Å². The summed E-state index contributed by atoms with van der Waals surface area (Å²) in [6, 6.07) is 3.67. The van der Waals surface area contributed by atoms with E-state index in [0.717, 1.165) is 6.07 Å². The van der Waals surface area contributed by atoms with E-state index in [4.69, 9.17) is 11.6 Å². The fraction of sp³-hybridized carbons (Fsp3) is 0.133. The van der Waals surface area contributed by atoms with Gasteiger partial charge >= 0.3 is 0 Å². The zero-order valence-corrected chi connectivity index (χ0v) is 14.2. The van der Waals surface area contributed by atoms with Crippen LogP contribution < -0.4 is 10.6 Å². The lowest BCUT2D eigenvalue weighted by Crippen LogP contribution is -2.08. The lowest BCUT2D eigenvalue weighted by molar-refractivity contribution is -0.385. The fourth-order valence-electron chi connectivity index (χ4n) is 2.23. The summed E-state index contributed by atoms with van der Waals surface area (Å²) in [5.74, 6) is -0.232. The fourth-order valence-corrected chi connectivity index (χ4v) is 2.39. The van der Waals surface area contributed by atoms with Gasteiger partial charge in [0.15, 0.2) is 5.82 Å². The molecule has 2 N–H and O–H groups in total. The van der Waals surface area contributed by atoms with Gasteiger partial charge in [0.05, 0.1) is 35.1 Å². The molecule has 0 bridgehead atoms. The number of anilines is 3. The number of hydrogen-bond acceptors (Lipinski definition) is 7. The Bertz CT molecular complexity index is 963. The Morgan fingerprint density at radius 1 is 1.38 bits per heavy atom. The van der Waals surface area contributed by atoms with Gasteiger partial charge in [-0.1, -0.05) is 17.7 Å². The highest BCUT2D eigenvalue weighted by Crippen LogP contribution is 2.25. The summed E-state index contributed by atoms with van der Waals surface area (Å²) in [4.78, 5) is 18.7. The minimum absolute atomic E-state index is 0.0889. The second kappa shape index (κ2) is 7.31. The number of hydrogen-bond donors (Lipinski definition) is 2. The molecule has 26 heavy (non-hydrogen) atoms. The molecular weight excluding hydrogens is 365 g/mol. The van der Waals surface area contributed by atoms with E-state index in [-0.39, 0.29) is 34.6 Å². The molecule has 0 aliphatic heterocycles. The Labute approximate surface area is 152 Å². The van der Waals surface area contributed by atoms with Crippen molar-refractivity contribution >= 4 is 34.7 Å². The molecule has 0 aliphatic carbocycles. The molecule has 3 rings (SSSR count). The summed E-state index contributed by atoms with van der Waals surface area (Å²) in [6.07, 6.45) is 4.69. The molecule has 0 amide bonds. The molecule has 2 heterocycles. The van der Waals surface area contributed by atoms with Crippen LogP contribution >= 0.6 is 11.6 Å². The second-order valence-corrected chi connectivity index (χ2v) is 5.67. The average molecular weight is 378 g/mol. The van der Waals surface area contributed by atoms with Gasteiger partial charge in [0.1, 0.15) is 10.8 Å². The molecule has 0 radical (unpaired) electrons. The summed E-state index contributed by atoms with van der Waals surface area (Å²) in [5, 5.41) is 21.0. The normalized spacial score (nSPS) is 10.6. The van der Waals surface area contributed by atoms with Crippen LogP contribution in [0.15, 0.2) is 36.8 Å². The van der Waals surface area contributed by atoms with Gasteiger partial charge in [-0.2, -0.15) is 10.1 Å². The molecule has 0 atom stereocenters. The lowest BCUT2D eigenvalue weighted by atomic mass is 10.1. The highest BCUT2D eigenvalue weighted by molar-refractivity contribution is 6.32. The average Bonchev–Trinajstić information content (AvgIpc) is 3.00. The summed E-state index contributed by atoms with van der Waals surface area (Å²) in [5.41, 5.74) is 0.260. The first-order chi connectivity index (χ1) is 12.4. The van der Waals surface area contributed by atoms with Crippen LogP contribution in [0.3, 0.4) is 0 Å². The monoisotopic (exact) mass is 377 g/mol. The van der Waals surface area contributed by atoms with Crippen LogP contribution in [-0.4, -0.2) is 24.7 Å². The number of aryl methyl sites for hydroxylation is 1. The maximum Gasteiger partial charge on any atom is 0.277 e. The van der Waals surface area contributed by atoms with Crippen molar-refractivity contribution in [3.63, 3.8) is 0 Å². The Hall–Kier alpha value is -3.27. The Morgan fingerprint density at radius 3 is 2.88 bits per heavy atom. The molecule has 0 saturated heterocycles. The van der Waals surface area contributed by atoms with Crippen molar-refractivity contribution in [1.82, 2.24) is 19.7 Å². The van der Waals surface area contributed by atoms with Crippen LogP contribution in [-0.2, 0) is 13.6 Å². The number of benzene rings is 1. The van der Waals surface area contributed by atoms with Gasteiger partial charge in [-0.25, -0.2) is 9.37 Å². The minimum Gasteiger partial charge on any atom is -0.364 e. The van der Waals surface area contributed by atoms with E-state index in [9.17, 15) is 14.5 Å². The zero-order valence-electron chi connectivity index (χ0n) is 13.5. The first-order valence-corrected chi connectivity index (χ1v) is 7.75. The SMILES string of the molecule is Cn1cc(Nc2ncc(Cl)c(NCc3c(F)cccc3[N+](=O)[O-])n2)cn1. The Kier molecular flexibility index (Phi) is 4.94. The van der Waals surface area contributed by atoms with E-state index in [2.05, 4.69) is 25.7 Å². The highest BCUT2D eigenvalue weighted by atomic mass is 35.5. The highest BCUT2D eigenvalue weighted by Gasteiger charge is 2.18. The first-order valence-electron chi connectivity index (χ1n) is 7.38. The quantitative estimate of drug-likeness (QED) is 0.501. The smallest absolute Gasteiger partial charge is 0.277 e. The molecular formula is C15H13ClFN7O2. The van der Waals surface area contributed by atoms with Crippen molar-refractivity contribution < 1.29 is 9.31 Å². The van der Waals surface area contributed by atoms with E-state index in [1.165, 1.54) is 18.3 Å². The largest absolute Gasteiger partial charge is 0.364 e. The van der Waals surface area contributed by atoms with Crippen molar-refractivity contribution in [3.8, 4) is 0 Å². The number of nitrogens with zero attached hydrogens (tertiary/aromatic N) is 5. The Morgan fingerprint density at radius 2 is 2.19 bits per heavy atom. The molecule has 1 aromatic carbocycles. The van der Waals surface area contributed by atoms with Crippen molar-refractivity contribution in [2.45, 2.75) is 6.54 Å². The summed E-state index contributed by atoms with van der Waals surface area (Å²) >= 11 is 6.05. The number of nitro benzene ring substituents is 1. The van der Waals surface area contributed by atoms with Crippen LogP contribution in [0.5, 0.6) is 0 Å². The third-order valence-corrected chi connectivity index (χ3v) is 3.71. The van der Waals surface area contributed by atoms with E-state index in [1.807, 2.05) is 0 Å². The van der Waals surface area contributed by atoms with Gasteiger partial charge in [0.2, 0.25) is 5.95 Å². The lowest BCUT2D eigenvalue weighted by Gasteiger charge is -2.10. The molecule has 3 aromatic rings. The molecule has 0 fully saturated rings. The van der Waals surface area contributed by atoms with E-state index in [0.29, 0.717) is 5.69 Å². The first kappa shape index (κ1) is 17.5. The van der Waals surface area contributed by atoms with Gasteiger partial charge in [0.25, 0.3) is 5.69 Å². The number of halogens is 2. The third kappa shape index (κ3) is 3.86. The van der Waals surface area contributed by atoms with Crippen LogP contribution in [0, 0.1) is 15.9 Å². The van der Waals surface area contributed by atoms with Gasteiger partial charge < -0.3 is 10.6 Å². The molecule has 0 saturated carbocycles. The number of rotatable bonds is 6. The van der Waals surface area contributed by atoms with Crippen LogP contribution in [0.2, 0.25) is 5.02 Å². The van der Waals surface area contributed by atoms with Gasteiger partial charge in [0, 0.05) is 19.3 Å². The number of aromatic nitrogens is 4. The molecule has 0 unspecified atom stereocenters. The second-order valence-electron chi connectivity index (χ2n) is 5.27. The van der Waals surface area contributed by atoms with Crippen molar-refractivity contribution in [1.29, 1.82) is 0 Å². The van der Waals surface area contributed by atoms with Crippen molar-refractivity contribution in [2.24, 2.45) is 7.05 Å². The molecule has 0 spiro atoms. The zero-order chi connectivity index (χ0) is 18.7. The van der Waals surface area contributed by atoms with E-state index < -0.39 is 10.7 Å². The van der Waals surface area contributed by atoms with E-state index >= 15 is 0 Å². The molecule has 134 valence electrons. The maximum absolute atomic E-state index is 14.0. The summed E-state index contributed by atoms with van der Waals surface area (Å²) in [7, 11) is 1.77. The third-order valence-electron chi connectivity index (χ3n) is 3.43. The summed E-state index contributed by atoms with van der Waals surface area (Å²) in [6.45, 7) is -0.161. The maximum atomic E-state index is 14.0. The molecule has 9 nitrogen and oxygen atoms in total. The van der Waals surface area contributed by atoms with Crippen LogP contribution in [0.25, 0.3) is 0 Å². The summed E-state index contributed by atoms with van der Waals surface area (Å²) < 4.78 is 15.6. The van der Waals surface area contributed by atoms with Gasteiger partial charge in [-0.05, 0) is 6.07 Å². The number of nitrogens with one attached hydrogen (secondary N) is 2. The minimum atomic E-state index is -0.689. The molecule has 2 aromatic heterocycles. The predicted molar refractivity (Wildman–Crippen MR) is 93.9 cm³/mol. The molecule has 0 aliphatic rings. The van der Waals surface area contributed by atoms with Gasteiger partial charge in [-0.3, -0.25) is 14.8 Å². The topological polar surface area (TPSA) is 111 Å². The van der Waals surface area contributed by atoms with Crippen LogP contribution in [0.4, 0.5) is 27.5 Å². The van der Waals surface area contributed by atoms with E-state index in [1.54, 1.807) is 24.1 Å². The van der Waals surface area contributed by atoms with Crippen molar-refractivity contribution in [3.05, 3.63) is 63.3 Å². The Balaban J connectivity index is 1.80. The molecule has 11 heteroatoms. The van der Waals surface area contributed by atoms with Crippen LogP contribution in [0.1, 0.15) is 5.56 Å². The number of nitro groups is 1. The predicted octanol–water partition coefficient (Wildman–Crippen LogP) is 3.27.